The zero-order valence-electron chi connectivity index (χ0n) is 10.8. The van der Waals surface area contributed by atoms with Gasteiger partial charge >= 0.3 is 0 Å². The Morgan fingerprint density at radius 1 is 1.62 bits per heavy atom. The summed E-state index contributed by atoms with van der Waals surface area (Å²) in [5, 5.41) is 6.34. The number of unbranched alkanes of at least 4 members (excludes halogenated alkanes) is 1. The van der Waals surface area contributed by atoms with E-state index in [4.69, 9.17) is 0 Å². The zero-order chi connectivity index (χ0) is 12.0. The molecule has 16 heavy (non-hydrogen) atoms. The van der Waals surface area contributed by atoms with E-state index >= 15 is 0 Å². The quantitative estimate of drug-likeness (QED) is 0.676. The minimum atomic E-state index is -0.00560. The third-order valence-corrected chi connectivity index (χ3v) is 3.26. The molecule has 0 aromatic carbocycles. The first-order valence-corrected chi connectivity index (χ1v) is 6.41. The van der Waals surface area contributed by atoms with Crippen molar-refractivity contribution in [2.24, 2.45) is 0 Å². The van der Waals surface area contributed by atoms with Gasteiger partial charge < -0.3 is 10.6 Å². The molecule has 1 unspecified atom stereocenters. The summed E-state index contributed by atoms with van der Waals surface area (Å²) in [5.74, 6) is 0.169. The predicted octanol–water partition coefficient (Wildman–Crippen LogP) is 0.585. The number of carbonyl (C=O) groups excluding carboxylic acids is 1. The van der Waals surface area contributed by atoms with Gasteiger partial charge in [-0.3, -0.25) is 9.69 Å². The van der Waals surface area contributed by atoms with Crippen LogP contribution in [0.15, 0.2) is 0 Å². The first kappa shape index (κ1) is 13.5. The van der Waals surface area contributed by atoms with Gasteiger partial charge in [-0.1, -0.05) is 13.3 Å². The second kappa shape index (κ2) is 6.86. The molecule has 4 heteroatoms. The van der Waals surface area contributed by atoms with E-state index in [9.17, 15) is 4.79 Å². The minimum Gasteiger partial charge on any atom is -0.355 e. The molecule has 0 aromatic heterocycles. The van der Waals surface area contributed by atoms with Gasteiger partial charge in [-0.15, -0.1) is 0 Å². The molecule has 0 saturated carbocycles. The number of nitrogens with one attached hydrogen (secondary N) is 2. The van der Waals surface area contributed by atoms with E-state index in [0.29, 0.717) is 6.04 Å². The average molecular weight is 227 g/mol. The highest BCUT2D eigenvalue weighted by molar-refractivity contribution is 5.81. The number of rotatable bonds is 5. The van der Waals surface area contributed by atoms with Crippen molar-refractivity contribution in [2.45, 2.75) is 45.7 Å². The molecular weight excluding hydrogens is 202 g/mol. The fourth-order valence-corrected chi connectivity index (χ4v) is 2.12. The Morgan fingerprint density at radius 2 is 2.38 bits per heavy atom. The van der Waals surface area contributed by atoms with Crippen LogP contribution in [0.5, 0.6) is 0 Å². The van der Waals surface area contributed by atoms with Crippen LogP contribution in [0.2, 0.25) is 0 Å². The summed E-state index contributed by atoms with van der Waals surface area (Å²) in [6, 6.07) is 0.439. The number of nitrogens with zero attached hydrogens (tertiary/aromatic N) is 1. The molecule has 1 amide bonds. The summed E-state index contributed by atoms with van der Waals surface area (Å²) in [6.45, 7) is 10.0. The van der Waals surface area contributed by atoms with Gasteiger partial charge in [0.25, 0.3) is 0 Å². The van der Waals surface area contributed by atoms with Crippen molar-refractivity contribution in [1.29, 1.82) is 0 Å². The zero-order valence-corrected chi connectivity index (χ0v) is 10.8. The van der Waals surface area contributed by atoms with E-state index in [1.54, 1.807) is 0 Å². The van der Waals surface area contributed by atoms with Gasteiger partial charge in [0.05, 0.1) is 6.04 Å². The molecule has 1 fully saturated rings. The van der Waals surface area contributed by atoms with E-state index in [1.807, 2.05) is 6.92 Å². The molecule has 1 saturated heterocycles. The molecule has 4 nitrogen and oxygen atoms in total. The van der Waals surface area contributed by atoms with Gasteiger partial charge in [0, 0.05) is 32.2 Å². The summed E-state index contributed by atoms with van der Waals surface area (Å²) < 4.78 is 0. The molecule has 1 rings (SSSR count). The molecule has 1 heterocycles. The molecule has 94 valence electrons. The van der Waals surface area contributed by atoms with Gasteiger partial charge in [-0.2, -0.15) is 0 Å². The number of hydrogen-bond acceptors (Lipinski definition) is 3. The van der Waals surface area contributed by atoms with Crippen molar-refractivity contribution >= 4 is 5.91 Å². The Bertz CT molecular complexity index is 220. The molecule has 1 aliphatic rings. The minimum absolute atomic E-state index is 0.00560. The molecule has 1 aliphatic heterocycles. The molecule has 0 spiro atoms. The van der Waals surface area contributed by atoms with Gasteiger partial charge in [-0.25, -0.2) is 0 Å². The van der Waals surface area contributed by atoms with Crippen molar-refractivity contribution in [2.75, 3.05) is 26.2 Å². The monoisotopic (exact) mass is 227 g/mol. The smallest absolute Gasteiger partial charge is 0.237 e. The van der Waals surface area contributed by atoms with Crippen LogP contribution in [-0.2, 0) is 4.79 Å². The van der Waals surface area contributed by atoms with Crippen LogP contribution in [-0.4, -0.2) is 49.1 Å². The maximum atomic E-state index is 11.9. The lowest BCUT2D eigenvalue weighted by molar-refractivity contribution is -0.127. The first-order chi connectivity index (χ1) is 7.66. The third kappa shape index (κ3) is 3.76. The van der Waals surface area contributed by atoms with Crippen LogP contribution in [0.1, 0.15) is 33.6 Å². The largest absolute Gasteiger partial charge is 0.355 e. The number of carbonyl (C=O) groups is 1. The van der Waals surface area contributed by atoms with Crippen LogP contribution >= 0.6 is 0 Å². The van der Waals surface area contributed by atoms with Crippen LogP contribution < -0.4 is 10.6 Å². The Balaban J connectivity index is 2.36. The van der Waals surface area contributed by atoms with E-state index < -0.39 is 0 Å². The topological polar surface area (TPSA) is 44.4 Å². The van der Waals surface area contributed by atoms with Gasteiger partial charge in [0.15, 0.2) is 0 Å². The molecule has 0 bridgehead atoms. The summed E-state index contributed by atoms with van der Waals surface area (Å²) in [7, 11) is 0. The lowest BCUT2D eigenvalue weighted by atomic mass is 10.1. The molecule has 0 radical (unpaired) electrons. The maximum absolute atomic E-state index is 11.9. The van der Waals surface area contributed by atoms with Gasteiger partial charge in [-0.05, 0) is 20.3 Å². The number of amides is 1. The lowest BCUT2D eigenvalue weighted by Gasteiger charge is -2.37. The van der Waals surface area contributed by atoms with E-state index in [2.05, 4.69) is 29.4 Å². The standard InChI is InChI=1S/C12H25N3O/c1-4-5-6-14-12(16)11(3)15-8-7-13-9-10(15)2/h10-11,13H,4-9H2,1-3H3,(H,14,16)/t10-,11?/m1/s1. The second-order valence-corrected chi connectivity index (χ2v) is 4.61. The number of piperazine rings is 1. The fourth-order valence-electron chi connectivity index (χ4n) is 2.12. The Labute approximate surface area is 98.8 Å². The average Bonchev–Trinajstić information content (AvgIpc) is 2.29. The normalized spacial score (nSPS) is 24.1. The highest BCUT2D eigenvalue weighted by Crippen LogP contribution is 2.08. The molecule has 2 atom stereocenters. The van der Waals surface area contributed by atoms with Crippen molar-refractivity contribution in [1.82, 2.24) is 15.5 Å². The van der Waals surface area contributed by atoms with E-state index in [-0.39, 0.29) is 11.9 Å². The van der Waals surface area contributed by atoms with Crippen LogP contribution in [0.3, 0.4) is 0 Å². The van der Waals surface area contributed by atoms with Gasteiger partial charge in [0.2, 0.25) is 5.91 Å². The summed E-state index contributed by atoms with van der Waals surface area (Å²) in [5.41, 5.74) is 0. The van der Waals surface area contributed by atoms with Crippen molar-refractivity contribution < 1.29 is 4.79 Å². The predicted molar refractivity (Wildman–Crippen MR) is 66.4 cm³/mol. The van der Waals surface area contributed by atoms with Crippen LogP contribution in [0.25, 0.3) is 0 Å². The molecule has 0 aromatic rings. The Kier molecular flexibility index (Phi) is 5.77. The highest BCUT2D eigenvalue weighted by atomic mass is 16.2. The Hall–Kier alpha value is -0.610. The van der Waals surface area contributed by atoms with Gasteiger partial charge in [0.1, 0.15) is 0 Å². The fraction of sp³-hybridized carbons (Fsp3) is 0.917. The molecule has 2 N–H and O–H groups in total. The highest BCUT2D eigenvalue weighted by Gasteiger charge is 2.26. The Morgan fingerprint density at radius 3 is 3.00 bits per heavy atom. The summed E-state index contributed by atoms with van der Waals surface area (Å²) in [6.07, 6.45) is 2.19. The van der Waals surface area contributed by atoms with Crippen molar-refractivity contribution in [3.05, 3.63) is 0 Å². The van der Waals surface area contributed by atoms with E-state index in [0.717, 1.165) is 39.0 Å². The van der Waals surface area contributed by atoms with Crippen LogP contribution in [0.4, 0.5) is 0 Å². The first-order valence-electron chi connectivity index (χ1n) is 6.41. The summed E-state index contributed by atoms with van der Waals surface area (Å²) in [4.78, 5) is 14.2. The SMILES string of the molecule is CCCCNC(=O)C(C)N1CCNC[C@H]1C. The van der Waals surface area contributed by atoms with E-state index in [1.165, 1.54) is 0 Å². The maximum Gasteiger partial charge on any atom is 0.237 e. The van der Waals surface area contributed by atoms with Crippen LogP contribution in [0, 0.1) is 0 Å². The molecule has 0 aliphatic carbocycles. The summed E-state index contributed by atoms with van der Waals surface area (Å²) >= 11 is 0. The second-order valence-electron chi connectivity index (χ2n) is 4.61. The number of hydrogen-bond donors (Lipinski definition) is 2. The molecular formula is C12H25N3O. The lowest BCUT2D eigenvalue weighted by Crippen LogP contribution is -2.57. The van der Waals surface area contributed by atoms with Crippen molar-refractivity contribution in [3.63, 3.8) is 0 Å². The third-order valence-electron chi connectivity index (χ3n) is 3.26. The van der Waals surface area contributed by atoms with Crippen molar-refractivity contribution in [3.8, 4) is 0 Å².